The van der Waals surface area contributed by atoms with Crippen molar-refractivity contribution in [3.8, 4) is 22.6 Å². The first-order valence-electron chi connectivity index (χ1n) is 9.78. The van der Waals surface area contributed by atoms with Crippen LogP contribution in [0.2, 0.25) is 0 Å². The van der Waals surface area contributed by atoms with Crippen LogP contribution in [0.1, 0.15) is 25.7 Å². The molecule has 4 nitrogen and oxygen atoms in total. The Bertz CT molecular complexity index is 848. The number of nitrogens with two attached hydrogens (primary N) is 2. The SMILES string of the molecule is Nc1ccc(OCCCCCCOc2ccc(-c3ccccc3)cc2)c(N)c1. The van der Waals surface area contributed by atoms with E-state index in [9.17, 15) is 0 Å². The van der Waals surface area contributed by atoms with E-state index in [1.54, 1.807) is 12.1 Å². The van der Waals surface area contributed by atoms with Gasteiger partial charge in [-0.2, -0.15) is 0 Å². The van der Waals surface area contributed by atoms with Gasteiger partial charge in [-0.1, -0.05) is 42.5 Å². The van der Waals surface area contributed by atoms with Crippen LogP contribution < -0.4 is 20.9 Å². The van der Waals surface area contributed by atoms with Gasteiger partial charge in [-0.15, -0.1) is 0 Å². The molecule has 0 spiro atoms. The minimum atomic E-state index is 0.590. The molecule has 3 aromatic carbocycles. The van der Waals surface area contributed by atoms with Gasteiger partial charge in [0.15, 0.2) is 0 Å². The van der Waals surface area contributed by atoms with Crippen molar-refractivity contribution < 1.29 is 9.47 Å². The Balaban J connectivity index is 1.28. The fourth-order valence-electron chi connectivity index (χ4n) is 3.00. The van der Waals surface area contributed by atoms with Gasteiger partial charge >= 0.3 is 0 Å². The molecule has 0 radical (unpaired) electrons. The molecule has 0 heterocycles. The van der Waals surface area contributed by atoms with E-state index < -0.39 is 0 Å². The van der Waals surface area contributed by atoms with Crippen LogP contribution in [0.15, 0.2) is 72.8 Å². The maximum Gasteiger partial charge on any atom is 0.142 e. The lowest BCUT2D eigenvalue weighted by molar-refractivity contribution is 0.288. The van der Waals surface area contributed by atoms with Gasteiger partial charge in [0.05, 0.1) is 18.9 Å². The summed E-state index contributed by atoms with van der Waals surface area (Å²) in [7, 11) is 0. The van der Waals surface area contributed by atoms with Gasteiger partial charge in [-0.25, -0.2) is 0 Å². The Morgan fingerprint density at radius 1 is 0.607 bits per heavy atom. The van der Waals surface area contributed by atoms with Crippen LogP contribution >= 0.6 is 0 Å². The second kappa shape index (κ2) is 10.3. The Labute approximate surface area is 167 Å². The summed E-state index contributed by atoms with van der Waals surface area (Å²) in [6.07, 6.45) is 4.24. The summed E-state index contributed by atoms with van der Waals surface area (Å²) in [5.74, 6) is 1.62. The highest BCUT2D eigenvalue weighted by atomic mass is 16.5. The van der Waals surface area contributed by atoms with Crippen molar-refractivity contribution in [1.29, 1.82) is 0 Å². The zero-order valence-electron chi connectivity index (χ0n) is 16.1. The largest absolute Gasteiger partial charge is 0.494 e. The van der Waals surface area contributed by atoms with Crippen molar-refractivity contribution in [2.75, 3.05) is 24.7 Å². The Morgan fingerprint density at radius 3 is 1.93 bits per heavy atom. The number of rotatable bonds is 10. The molecule has 0 bridgehead atoms. The van der Waals surface area contributed by atoms with Crippen LogP contribution in [0.25, 0.3) is 11.1 Å². The van der Waals surface area contributed by atoms with E-state index in [4.69, 9.17) is 20.9 Å². The van der Waals surface area contributed by atoms with Gasteiger partial charge in [0, 0.05) is 5.69 Å². The number of anilines is 2. The van der Waals surface area contributed by atoms with E-state index in [2.05, 4.69) is 36.4 Å². The van der Waals surface area contributed by atoms with Crippen LogP contribution in [-0.2, 0) is 0 Å². The summed E-state index contributed by atoms with van der Waals surface area (Å²) >= 11 is 0. The topological polar surface area (TPSA) is 70.5 Å². The second-order valence-corrected chi connectivity index (χ2v) is 6.80. The normalized spacial score (nSPS) is 10.6. The molecule has 3 aromatic rings. The number of benzene rings is 3. The minimum Gasteiger partial charge on any atom is -0.494 e. The van der Waals surface area contributed by atoms with E-state index >= 15 is 0 Å². The van der Waals surface area contributed by atoms with E-state index in [0.29, 0.717) is 23.7 Å². The summed E-state index contributed by atoms with van der Waals surface area (Å²) in [5, 5.41) is 0. The molecule has 0 aliphatic carbocycles. The minimum absolute atomic E-state index is 0.590. The molecular weight excluding hydrogens is 348 g/mol. The zero-order valence-corrected chi connectivity index (χ0v) is 16.1. The molecule has 0 saturated carbocycles. The molecule has 0 saturated heterocycles. The summed E-state index contributed by atoms with van der Waals surface area (Å²) in [4.78, 5) is 0. The molecule has 4 N–H and O–H groups in total. The Kier molecular flexibility index (Phi) is 7.19. The third-order valence-electron chi connectivity index (χ3n) is 4.56. The van der Waals surface area contributed by atoms with Crippen molar-refractivity contribution in [1.82, 2.24) is 0 Å². The van der Waals surface area contributed by atoms with Gasteiger partial charge in [0.25, 0.3) is 0 Å². The molecule has 0 amide bonds. The summed E-state index contributed by atoms with van der Waals surface area (Å²) in [6.45, 7) is 1.40. The molecule has 4 heteroatoms. The lowest BCUT2D eigenvalue weighted by atomic mass is 10.1. The van der Waals surface area contributed by atoms with Gasteiger partial charge in [-0.05, 0) is 67.1 Å². The molecule has 28 heavy (non-hydrogen) atoms. The lowest BCUT2D eigenvalue weighted by Gasteiger charge is -2.10. The van der Waals surface area contributed by atoms with Crippen LogP contribution in [0.3, 0.4) is 0 Å². The zero-order chi connectivity index (χ0) is 19.6. The molecule has 0 fully saturated rings. The predicted octanol–water partition coefficient (Wildman–Crippen LogP) is 5.54. The van der Waals surface area contributed by atoms with Crippen molar-refractivity contribution in [3.05, 3.63) is 72.8 Å². The fourth-order valence-corrected chi connectivity index (χ4v) is 3.00. The van der Waals surface area contributed by atoms with Crippen LogP contribution in [0.4, 0.5) is 11.4 Å². The number of hydrogen-bond acceptors (Lipinski definition) is 4. The maximum atomic E-state index is 5.88. The summed E-state index contributed by atoms with van der Waals surface area (Å²) in [5.41, 5.74) is 15.2. The highest BCUT2D eigenvalue weighted by Crippen LogP contribution is 2.24. The third-order valence-corrected chi connectivity index (χ3v) is 4.56. The fraction of sp³-hybridized carbons (Fsp3) is 0.250. The van der Waals surface area contributed by atoms with Crippen molar-refractivity contribution in [2.24, 2.45) is 0 Å². The standard InChI is InChI=1S/C24H28N2O2/c25-21-12-15-24(23(26)18-21)28-17-7-2-1-6-16-27-22-13-10-20(11-14-22)19-8-4-3-5-9-19/h3-5,8-15,18H,1-2,6-7,16-17,25-26H2. The van der Waals surface area contributed by atoms with Gasteiger partial charge in [0.1, 0.15) is 11.5 Å². The highest BCUT2D eigenvalue weighted by Gasteiger charge is 2.01. The number of ether oxygens (including phenoxy) is 2. The first-order valence-corrected chi connectivity index (χ1v) is 9.78. The molecule has 146 valence electrons. The van der Waals surface area contributed by atoms with E-state index in [1.165, 1.54) is 11.1 Å². The van der Waals surface area contributed by atoms with E-state index in [1.807, 2.05) is 24.3 Å². The van der Waals surface area contributed by atoms with Crippen LogP contribution in [0.5, 0.6) is 11.5 Å². The predicted molar refractivity (Wildman–Crippen MR) is 117 cm³/mol. The van der Waals surface area contributed by atoms with E-state index in [-0.39, 0.29) is 0 Å². The number of nitrogen functional groups attached to an aromatic ring is 2. The van der Waals surface area contributed by atoms with Crippen molar-refractivity contribution >= 4 is 11.4 Å². The van der Waals surface area contributed by atoms with Crippen molar-refractivity contribution in [2.45, 2.75) is 25.7 Å². The molecule has 0 atom stereocenters. The first kappa shape index (κ1) is 19.6. The molecule has 0 unspecified atom stereocenters. The monoisotopic (exact) mass is 376 g/mol. The molecule has 0 aliphatic rings. The lowest BCUT2D eigenvalue weighted by Crippen LogP contribution is -2.02. The number of hydrogen-bond donors (Lipinski definition) is 2. The van der Waals surface area contributed by atoms with Crippen LogP contribution in [0, 0.1) is 0 Å². The molecule has 3 rings (SSSR count). The molecular formula is C24H28N2O2. The average Bonchev–Trinajstić information content (AvgIpc) is 2.72. The van der Waals surface area contributed by atoms with E-state index in [0.717, 1.165) is 38.0 Å². The third kappa shape index (κ3) is 5.95. The second-order valence-electron chi connectivity index (χ2n) is 6.80. The van der Waals surface area contributed by atoms with Crippen LogP contribution in [-0.4, -0.2) is 13.2 Å². The summed E-state index contributed by atoms with van der Waals surface area (Å²) in [6, 6.07) is 24.0. The summed E-state index contributed by atoms with van der Waals surface area (Å²) < 4.78 is 11.5. The quantitative estimate of drug-likeness (QED) is 0.360. The van der Waals surface area contributed by atoms with Gasteiger partial charge in [-0.3, -0.25) is 0 Å². The van der Waals surface area contributed by atoms with Crippen molar-refractivity contribution in [3.63, 3.8) is 0 Å². The smallest absolute Gasteiger partial charge is 0.142 e. The molecule has 0 aliphatic heterocycles. The maximum absolute atomic E-state index is 5.88. The van der Waals surface area contributed by atoms with Gasteiger partial charge in [0.2, 0.25) is 0 Å². The Morgan fingerprint density at radius 2 is 1.25 bits per heavy atom. The Hall–Kier alpha value is -3.14. The van der Waals surface area contributed by atoms with Gasteiger partial charge < -0.3 is 20.9 Å². The average molecular weight is 377 g/mol. The number of unbranched alkanes of at least 4 members (excludes halogenated alkanes) is 3. The molecule has 0 aromatic heterocycles. The first-order chi connectivity index (χ1) is 13.7. The highest BCUT2D eigenvalue weighted by molar-refractivity contribution is 5.64.